The van der Waals surface area contributed by atoms with Crippen molar-refractivity contribution >= 4 is 0 Å². The molecule has 20 heavy (non-hydrogen) atoms. The van der Waals surface area contributed by atoms with Gasteiger partial charge in [0.2, 0.25) is 0 Å². The summed E-state index contributed by atoms with van der Waals surface area (Å²) >= 11 is 0. The Hall–Kier alpha value is -0.930. The van der Waals surface area contributed by atoms with Gasteiger partial charge in [-0.2, -0.15) is 0 Å². The van der Waals surface area contributed by atoms with E-state index in [1.54, 1.807) is 12.1 Å². The average Bonchev–Trinajstić information content (AvgIpc) is 3.28. The van der Waals surface area contributed by atoms with Crippen LogP contribution in [0.5, 0.6) is 0 Å². The van der Waals surface area contributed by atoms with Gasteiger partial charge in [0.25, 0.3) is 0 Å². The van der Waals surface area contributed by atoms with Gasteiger partial charge in [0, 0.05) is 12.1 Å². The molecule has 0 spiro atoms. The van der Waals surface area contributed by atoms with Gasteiger partial charge in [-0.3, -0.25) is 0 Å². The van der Waals surface area contributed by atoms with Crippen LogP contribution in [0.15, 0.2) is 24.3 Å². The summed E-state index contributed by atoms with van der Waals surface area (Å²) in [6.45, 7) is 6.46. The van der Waals surface area contributed by atoms with Gasteiger partial charge < -0.3 is 10.2 Å². The monoisotopic (exact) mass is 278 g/mol. The van der Waals surface area contributed by atoms with Gasteiger partial charge in [-0.15, -0.1) is 0 Å². The maximum atomic E-state index is 13.0. The molecule has 0 bridgehead atoms. The molecule has 1 N–H and O–H groups in total. The molecule has 0 saturated heterocycles. The fraction of sp³-hybridized carbons (Fsp3) is 0.647. The first kappa shape index (κ1) is 15.5. The van der Waals surface area contributed by atoms with Crippen molar-refractivity contribution in [1.29, 1.82) is 0 Å². The van der Waals surface area contributed by atoms with Crippen LogP contribution in [0.4, 0.5) is 4.39 Å². The van der Waals surface area contributed by atoms with Crippen LogP contribution < -0.4 is 5.32 Å². The minimum absolute atomic E-state index is 0.163. The van der Waals surface area contributed by atoms with E-state index < -0.39 is 0 Å². The lowest BCUT2D eigenvalue weighted by molar-refractivity contribution is 0.222. The van der Waals surface area contributed by atoms with E-state index in [4.69, 9.17) is 0 Å². The highest BCUT2D eigenvalue weighted by atomic mass is 19.1. The van der Waals surface area contributed by atoms with Crippen LogP contribution in [0, 0.1) is 11.7 Å². The van der Waals surface area contributed by atoms with Crippen molar-refractivity contribution in [2.45, 2.75) is 45.2 Å². The summed E-state index contributed by atoms with van der Waals surface area (Å²) in [6, 6.07) is 7.90. The molecule has 1 aliphatic carbocycles. The second kappa shape index (κ2) is 7.19. The molecule has 0 amide bonds. The van der Waals surface area contributed by atoms with Gasteiger partial charge in [0.15, 0.2) is 0 Å². The van der Waals surface area contributed by atoms with Crippen LogP contribution in [0.25, 0.3) is 0 Å². The first-order valence-corrected chi connectivity index (χ1v) is 7.81. The van der Waals surface area contributed by atoms with Crippen molar-refractivity contribution in [3.63, 3.8) is 0 Å². The predicted molar refractivity (Wildman–Crippen MR) is 82.3 cm³/mol. The topological polar surface area (TPSA) is 15.3 Å². The van der Waals surface area contributed by atoms with Gasteiger partial charge >= 0.3 is 0 Å². The Labute approximate surface area is 122 Å². The minimum Gasteiger partial charge on any atom is -0.310 e. The van der Waals surface area contributed by atoms with Gasteiger partial charge in [-0.25, -0.2) is 4.39 Å². The lowest BCUT2D eigenvalue weighted by atomic mass is 10.0. The highest BCUT2D eigenvalue weighted by Crippen LogP contribution is 2.34. The molecule has 0 heterocycles. The van der Waals surface area contributed by atoms with E-state index in [9.17, 15) is 4.39 Å². The first-order chi connectivity index (χ1) is 9.61. The molecule has 1 aromatic rings. The molecule has 2 rings (SSSR count). The Kier molecular flexibility index (Phi) is 5.55. The van der Waals surface area contributed by atoms with Crippen molar-refractivity contribution in [3.8, 4) is 0 Å². The highest BCUT2D eigenvalue weighted by molar-refractivity contribution is 5.20. The van der Waals surface area contributed by atoms with Crippen molar-refractivity contribution < 1.29 is 4.39 Å². The van der Waals surface area contributed by atoms with Gasteiger partial charge in [-0.05, 0) is 69.9 Å². The lowest BCUT2D eigenvalue weighted by Crippen LogP contribution is -2.34. The van der Waals surface area contributed by atoms with Crippen LogP contribution >= 0.6 is 0 Å². The Bertz CT molecular complexity index is 400. The molecule has 1 saturated carbocycles. The van der Waals surface area contributed by atoms with E-state index in [0.29, 0.717) is 12.1 Å². The number of halogens is 1. The van der Waals surface area contributed by atoms with Gasteiger partial charge in [0.1, 0.15) is 5.82 Å². The van der Waals surface area contributed by atoms with Crippen LogP contribution in [-0.4, -0.2) is 31.1 Å². The molecule has 2 atom stereocenters. The van der Waals surface area contributed by atoms with Crippen molar-refractivity contribution in [2.75, 3.05) is 20.1 Å². The molecule has 0 radical (unpaired) electrons. The average molecular weight is 278 g/mol. The summed E-state index contributed by atoms with van der Waals surface area (Å²) in [4.78, 5) is 2.46. The minimum atomic E-state index is -0.163. The zero-order chi connectivity index (χ0) is 14.5. The van der Waals surface area contributed by atoms with E-state index >= 15 is 0 Å². The standard InChI is InChI=1S/C17H27FN2/c1-4-19-17(15-7-9-16(18)10-8-15)11-12-20(3)13(2)14-5-6-14/h7-10,13-14,17,19H,4-6,11-12H2,1-3H3. The molecule has 112 valence electrons. The Morgan fingerprint density at radius 3 is 2.50 bits per heavy atom. The third-order valence-corrected chi connectivity index (χ3v) is 4.49. The summed E-state index contributed by atoms with van der Waals surface area (Å²) in [5, 5.41) is 3.51. The first-order valence-electron chi connectivity index (χ1n) is 7.81. The molecule has 1 aliphatic rings. The Morgan fingerprint density at radius 1 is 1.30 bits per heavy atom. The van der Waals surface area contributed by atoms with E-state index in [1.807, 2.05) is 12.1 Å². The largest absolute Gasteiger partial charge is 0.310 e. The molecule has 3 heteroatoms. The number of benzene rings is 1. The van der Waals surface area contributed by atoms with Gasteiger partial charge in [-0.1, -0.05) is 19.1 Å². The van der Waals surface area contributed by atoms with Crippen molar-refractivity contribution in [1.82, 2.24) is 10.2 Å². The second-order valence-electron chi connectivity index (χ2n) is 6.01. The Morgan fingerprint density at radius 2 is 1.95 bits per heavy atom. The normalized spacial score (nSPS) is 18.2. The van der Waals surface area contributed by atoms with Crippen molar-refractivity contribution in [2.24, 2.45) is 5.92 Å². The molecule has 2 unspecified atom stereocenters. The van der Waals surface area contributed by atoms with Crippen LogP contribution in [0.2, 0.25) is 0 Å². The zero-order valence-corrected chi connectivity index (χ0v) is 12.9. The van der Waals surface area contributed by atoms with E-state index in [-0.39, 0.29) is 5.82 Å². The number of rotatable bonds is 8. The predicted octanol–water partition coefficient (Wildman–Crippen LogP) is 3.60. The number of nitrogens with zero attached hydrogens (tertiary/aromatic N) is 1. The number of hydrogen-bond donors (Lipinski definition) is 1. The van der Waals surface area contributed by atoms with Crippen molar-refractivity contribution in [3.05, 3.63) is 35.6 Å². The summed E-state index contributed by atoms with van der Waals surface area (Å²) < 4.78 is 13.0. The van der Waals surface area contributed by atoms with E-state index in [1.165, 1.54) is 18.4 Å². The van der Waals surface area contributed by atoms with Crippen LogP contribution in [0.3, 0.4) is 0 Å². The SMILES string of the molecule is CCNC(CCN(C)C(C)C1CC1)c1ccc(F)cc1. The molecule has 1 fully saturated rings. The fourth-order valence-electron chi connectivity index (χ4n) is 2.80. The molecule has 1 aromatic carbocycles. The van der Waals surface area contributed by atoms with Crippen LogP contribution in [-0.2, 0) is 0 Å². The van der Waals surface area contributed by atoms with Crippen LogP contribution in [0.1, 0.15) is 44.7 Å². The summed E-state index contributed by atoms with van der Waals surface area (Å²) in [6.07, 6.45) is 3.84. The lowest BCUT2D eigenvalue weighted by Gasteiger charge is -2.27. The number of hydrogen-bond acceptors (Lipinski definition) is 2. The van der Waals surface area contributed by atoms with Gasteiger partial charge in [0.05, 0.1) is 0 Å². The molecule has 2 nitrogen and oxygen atoms in total. The molecular formula is C17H27FN2. The van der Waals surface area contributed by atoms with E-state index in [0.717, 1.165) is 25.4 Å². The smallest absolute Gasteiger partial charge is 0.123 e. The maximum absolute atomic E-state index is 13.0. The molecular weight excluding hydrogens is 251 g/mol. The zero-order valence-electron chi connectivity index (χ0n) is 12.9. The summed E-state index contributed by atoms with van der Waals surface area (Å²) in [7, 11) is 2.22. The fourth-order valence-corrected chi connectivity index (χ4v) is 2.80. The summed E-state index contributed by atoms with van der Waals surface area (Å²) in [5.41, 5.74) is 1.18. The third kappa shape index (κ3) is 4.29. The quantitative estimate of drug-likeness (QED) is 0.781. The summed E-state index contributed by atoms with van der Waals surface area (Å²) in [5.74, 6) is 0.742. The number of nitrogens with one attached hydrogen (secondary N) is 1. The maximum Gasteiger partial charge on any atom is 0.123 e. The molecule has 0 aromatic heterocycles. The van der Waals surface area contributed by atoms with E-state index in [2.05, 4.69) is 31.1 Å². The third-order valence-electron chi connectivity index (χ3n) is 4.49. The highest BCUT2D eigenvalue weighted by Gasteiger charge is 2.30. The molecule has 0 aliphatic heterocycles. The Balaban J connectivity index is 1.89. The second-order valence-corrected chi connectivity index (χ2v) is 6.01.